The molecule has 1 aliphatic rings. The fraction of sp³-hybridized carbons (Fsp3) is 0.316. The van der Waals surface area contributed by atoms with Gasteiger partial charge in [0, 0.05) is 54.7 Å². The lowest BCUT2D eigenvalue weighted by molar-refractivity contribution is -0.132. The second-order valence-electron chi connectivity index (χ2n) is 6.27. The molecule has 1 aromatic carbocycles. The normalized spacial score (nSPS) is 15.9. The Labute approximate surface area is 145 Å². The molecular formula is C19H21N3OS. The molecule has 0 aliphatic carbocycles. The van der Waals surface area contributed by atoms with Crippen molar-refractivity contribution in [3.05, 3.63) is 58.4 Å². The highest BCUT2D eigenvalue weighted by molar-refractivity contribution is 7.10. The van der Waals surface area contributed by atoms with Gasteiger partial charge in [-0.3, -0.25) is 9.69 Å². The van der Waals surface area contributed by atoms with Crippen LogP contribution in [0.4, 0.5) is 0 Å². The number of piperazine rings is 1. The highest BCUT2D eigenvalue weighted by Gasteiger charge is 2.22. The summed E-state index contributed by atoms with van der Waals surface area (Å²) in [6, 6.07) is 12.5. The number of benzene rings is 1. The van der Waals surface area contributed by atoms with E-state index in [2.05, 4.69) is 40.3 Å². The monoisotopic (exact) mass is 339 g/mol. The number of nitrogens with one attached hydrogen (secondary N) is 1. The SMILES string of the molecule is O=C(Cc1cccs1)N1CCN(Cc2c[nH]c3ccccc23)CC1. The first kappa shape index (κ1) is 15.4. The van der Waals surface area contributed by atoms with Crippen LogP contribution in [-0.2, 0) is 17.8 Å². The smallest absolute Gasteiger partial charge is 0.227 e. The number of carbonyl (C=O) groups excluding carboxylic acids is 1. The summed E-state index contributed by atoms with van der Waals surface area (Å²) in [4.78, 5) is 21.3. The van der Waals surface area contributed by atoms with Crippen molar-refractivity contribution in [2.24, 2.45) is 0 Å². The van der Waals surface area contributed by atoms with Gasteiger partial charge >= 0.3 is 0 Å². The third-order valence-corrected chi connectivity index (χ3v) is 5.58. The molecule has 124 valence electrons. The van der Waals surface area contributed by atoms with Gasteiger partial charge in [-0.05, 0) is 23.1 Å². The van der Waals surface area contributed by atoms with E-state index < -0.39 is 0 Å². The number of amides is 1. The molecule has 0 spiro atoms. The van der Waals surface area contributed by atoms with Crippen LogP contribution in [-0.4, -0.2) is 46.9 Å². The Morgan fingerprint density at radius 2 is 1.92 bits per heavy atom. The van der Waals surface area contributed by atoms with Crippen LogP contribution in [0.3, 0.4) is 0 Å². The van der Waals surface area contributed by atoms with Gasteiger partial charge in [-0.15, -0.1) is 11.3 Å². The first-order valence-corrected chi connectivity index (χ1v) is 9.25. The van der Waals surface area contributed by atoms with E-state index >= 15 is 0 Å². The quantitative estimate of drug-likeness (QED) is 0.793. The summed E-state index contributed by atoms with van der Waals surface area (Å²) in [5.41, 5.74) is 2.53. The maximum Gasteiger partial charge on any atom is 0.227 e. The maximum absolute atomic E-state index is 12.4. The first-order valence-electron chi connectivity index (χ1n) is 8.37. The van der Waals surface area contributed by atoms with Crippen molar-refractivity contribution in [3.8, 4) is 0 Å². The molecule has 0 radical (unpaired) electrons. The van der Waals surface area contributed by atoms with Crippen molar-refractivity contribution < 1.29 is 4.79 Å². The van der Waals surface area contributed by atoms with Gasteiger partial charge in [-0.2, -0.15) is 0 Å². The summed E-state index contributed by atoms with van der Waals surface area (Å²) in [6.45, 7) is 4.47. The molecule has 4 nitrogen and oxygen atoms in total. The summed E-state index contributed by atoms with van der Waals surface area (Å²) in [7, 11) is 0. The van der Waals surface area contributed by atoms with Crippen molar-refractivity contribution >= 4 is 28.1 Å². The third-order valence-electron chi connectivity index (χ3n) is 4.70. The van der Waals surface area contributed by atoms with Crippen LogP contribution in [0.15, 0.2) is 48.0 Å². The van der Waals surface area contributed by atoms with Crippen molar-refractivity contribution in [1.29, 1.82) is 0 Å². The third kappa shape index (κ3) is 3.23. The van der Waals surface area contributed by atoms with Crippen LogP contribution in [0.1, 0.15) is 10.4 Å². The number of aromatic amines is 1. The van der Waals surface area contributed by atoms with E-state index in [1.807, 2.05) is 22.4 Å². The number of aromatic nitrogens is 1. The van der Waals surface area contributed by atoms with Crippen molar-refractivity contribution in [2.75, 3.05) is 26.2 Å². The molecule has 4 rings (SSSR count). The van der Waals surface area contributed by atoms with E-state index in [9.17, 15) is 4.79 Å². The minimum absolute atomic E-state index is 0.254. The van der Waals surface area contributed by atoms with Crippen LogP contribution in [0.25, 0.3) is 10.9 Å². The molecule has 2 aromatic heterocycles. The second kappa shape index (κ2) is 6.79. The Bertz CT molecular complexity index is 816. The predicted molar refractivity (Wildman–Crippen MR) is 98.2 cm³/mol. The van der Waals surface area contributed by atoms with E-state index in [1.54, 1.807) is 11.3 Å². The highest BCUT2D eigenvalue weighted by Crippen LogP contribution is 2.20. The Morgan fingerprint density at radius 1 is 1.08 bits per heavy atom. The predicted octanol–water partition coefficient (Wildman–Crippen LogP) is 3.12. The molecule has 1 N–H and O–H groups in total. The minimum atomic E-state index is 0.254. The number of H-pyrrole nitrogens is 1. The lowest BCUT2D eigenvalue weighted by Crippen LogP contribution is -2.48. The minimum Gasteiger partial charge on any atom is -0.361 e. The number of fused-ring (bicyclic) bond motifs is 1. The Balaban J connectivity index is 1.33. The van der Waals surface area contributed by atoms with Gasteiger partial charge in [-0.25, -0.2) is 0 Å². The highest BCUT2D eigenvalue weighted by atomic mass is 32.1. The fourth-order valence-electron chi connectivity index (χ4n) is 3.33. The zero-order valence-electron chi connectivity index (χ0n) is 13.6. The lowest BCUT2D eigenvalue weighted by atomic mass is 10.1. The van der Waals surface area contributed by atoms with E-state index in [0.29, 0.717) is 6.42 Å². The van der Waals surface area contributed by atoms with E-state index in [0.717, 1.165) is 37.6 Å². The molecule has 1 saturated heterocycles. The Hall–Kier alpha value is -2.11. The van der Waals surface area contributed by atoms with Gasteiger partial charge in [0.2, 0.25) is 5.91 Å². The van der Waals surface area contributed by atoms with Gasteiger partial charge < -0.3 is 9.88 Å². The largest absolute Gasteiger partial charge is 0.361 e. The number of carbonyl (C=O) groups is 1. The van der Waals surface area contributed by atoms with Gasteiger partial charge in [0.1, 0.15) is 0 Å². The van der Waals surface area contributed by atoms with E-state index in [1.165, 1.54) is 16.5 Å². The number of hydrogen-bond acceptors (Lipinski definition) is 3. The molecule has 1 amide bonds. The summed E-state index contributed by atoms with van der Waals surface area (Å²) in [5, 5.41) is 3.33. The van der Waals surface area contributed by atoms with Gasteiger partial charge in [-0.1, -0.05) is 24.3 Å². The number of hydrogen-bond donors (Lipinski definition) is 1. The first-order chi connectivity index (χ1) is 11.8. The number of thiophene rings is 1. The topological polar surface area (TPSA) is 39.3 Å². The summed E-state index contributed by atoms with van der Waals surface area (Å²) in [6.07, 6.45) is 2.65. The molecule has 0 bridgehead atoms. The summed E-state index contributed by atoms with van der Waals surface area (Å²) < 4.78 is 0. The lowest BCUT2D eigenvalue weighted by Gasteiger charge is -2.34. The average Bonchev–Trinajstić information content (AvgIpc) is 3.26. The van der Waals surface area contributed by atoms with Crippen molar-refractivity contribution in [2.45, 2.75) is 13.0 Å². The Morgan fingerprint density at radius 3 is 2.71 bits per heavy atom. The van der Waals surface area contributed by atoms with Crippen LogP contribution in [0.2, 0.25) is 0 Å². The molecule has 0 saturated carbocycles. The van der Waals surface area contributed by atoms with Crippen LogP contribution in [0, 0.1) is 0 Å². The zero-order chi connectivity index (χ0) is 16.4. The molecule has 1 fully saturated rings. The van der Waals surface area contributed by atoms with Crippen molar-refractivity contribution in [3.63, 3.8) is 0 Å². The molecule has 24 heavy (non-hydrogen) atoms. The molecular weight excluding hydrogens is 318 g/mol. The molecule has 0 atom stereocenters. The van der Waals surface area contributed by atoms with Crippen LogP contribution >= 0.6 is 11.3 Å². The molecule has 5 heteroatoms. The van der Waals surface area contributed by atoms with Crippen LogP contribution < -0.4 is 0 Å². The maximum atomic E-state index is 12.4. The molecule has 1 aliphatic heterocycles. The van der Waals surface area contributed by atoms with Gasteiger partial charge in [0.25, 0.3) is 0 Å². The molecule has 3 heterocycles. The zero-order valence-corrected chi connectivity index (χ0v) is 14.4. The average molecular weight is 339 g/mol. The van der Waals surface area contributed by atoms with Gasteiger partial charge in [0.05, 0.1) is 6.42 Å². The van der Waals surface area contributed by atoms with Gasteiger partial charge in [0.15, 0.2) is 0 Å². The number of nitrogens with zero attached hydrogens (tertiary/aromatic N) is 2. The molecule has 0 unspecified atom stereocenters. The summed E-state index contributed by atoms with van der Waals surface area (Å²) >= 11 is 1.66. The van der Waals surface area contributed by atoms with E-state index in [-0.39, 0.29) is 5.91 Å². The standard InChI is InChI=1S/C19H21N3OS/c23-19(12-16-4-3-11-24-16)22-9-7-21(8-10-22)14-15-13-20-18-6-2-1-5-17(15)18/h1-6,11,13,20H,7-10,12,14H2. The fourth-order valence-corrected chi connectivity index (χ4v) is 4.03. The Kier molecular flexibility index (Phi) is 4.36. The second-order valence-corrected chi connectivity index (χ2v) is 7.30. The van der Waals surface area contributed by atoms with Crippen LogP contribution in [0.5, 0.6) is 0 Å². The van der Waals surface area contributed by atoms with Crippen molar-refractivity contribution in [1.82, 2.24) is 14.8 Å². The van der Waals surface area contributed by atoms with E-state index in [4.69, 9.17) is 0 Å². The summed E-state index contributed by atoms with van der Waals surface area (Å²) in [5.74, 6) is 0.254. The number of para-hydroxylation sites is 1. The number of rotatable bonds is 4. The molecule has 3 aromatic rings.